The van der Waals surface area contributed by atoms with Gasteiger partial charge in [-0.05, 0) is 36.6 Å². The van der Waals surface area contributed by atoms with E-state index in [-0.39, 0.29) is 11.8 Å². The van der Waals surface area contributed by atoms with Crippen molar-refractivity contribution in [1.29, 1.82) is 0 Å². The molecule has 1 aromatic carbocycles. The molecular weight excluding hydrogens is 320 g/mol. The van der Waals surface area contributed by atoms with Crippen molar-refractivity contribution in [2.45, 2.75) is 37.6 Å². The van der Waals surface area contributed by atoms with E-state index < -0.39 is 6.04 Å². The molecule has 1 unspecified atom stereocenters. The number of carbonyl (C=O) groups excluding carboxylic acids is 2. The zero-order valence-corrected chi connectivity index (χ0v) is 14.8. The predicted octanol–water partition coefficient (Wildman–Crippen LogP) is 3.10. The third kappa shape index (κ3) is 7.18. The van der Waals surface area contributed by atoms with Gasteiger partial charge in [0.05, 0.1) is 0 Å². The first kappa shape index (κ1) is 18.8. The van der Waals surface area contributed by atoms with Crippen LogP contribution in [0.25, 0.3) is 0 Å². The highest BCUT2D eigenvalue weighted by atomic mass is 35.5. The summed E-state index contributed by atoms with van der Waals surface area (Å²) in [6.45, 7) is 4.05. The topological polar surface area (TPSA) is 58.2 Å². The van der Waals surface area contributed by atoms with Crippen LogP contribution in [-0.4, -0.2) is 30.7 Å². The third-order valence-electron chi connectivity index (χ3n) is 3.02. The SMILES string of the molecule is CNC(=O)C(CC(C)C)NC(=O)CCSc1ccc(Cl)cc1. The van der Waals surface area contributed by atoms with E-state index in [9.17, 15) is 9.59 Å². The summed E-state index contributed by atoms with van der Waals surface area (Å²) in [5.74, 6) is 0.754. The Morgan fingerprint density at radius 1 is 1.23 bits per heavy atom. The number of likely N-dealkylation sites (N-methyl/N-ethyl adjacent to an activating group) is 1. The number of rotatable bonds is 8. The van der Waals surface area contributed by atoms with E-state index in [1.54, 1.807) is 18.8 Å². The van der Waals surface area contributed by atoms with Gasteiger partial charge in [0.2, 0.25) is 11.8 Å². The molecule has 0 aliphatic rings. The summed E-state index contributed by atoms with van der Waals surface area (Å²) in [5, 5.41) is 6.10. The van der Waals surface area contributed by atoms with Crippen LogP contribution in [0.5, 0.6) is 0 Å². The molecule has 0 fully saturated rings. The Kier molecular flexibility index (Phi) is 8.35. The van der Waals surface area contributed by atoms with Crippen LogP contribution in [0, 0.1) is 5.92 Å². The first-order chi connectivity index (χ1) is 10.4. The number of nitrogens with one attached hydrogen (secondary N) is 2. The Morgan fingerprint density at radius 2 is 1.86 bits per heavy atom. The number of thioether (sulfide) groups is 1. The van der Waals surface area contributed by atoms with Crippen molar-refractivity contribution in [3.63, 3.8) is 0 Å². The molecule has 2 N–H and O–H groups in total. The van der Waals surface area contributed by atoms with Crippen LogP contribution in [0.3, 0.4) is 0 Å². The third-order valence-corrected chi connectivity index (χ3v) is 4.28. The molecule has 0 saturated carbocycles. The maximum atomic E-state index is 12.0. The summed E-state index contributed by atoms with van der Waals surface area (Å²) in [5.41, 5.74) is 0. The molecule has 6 heteroatoms. The summed E-state index contributed by atoms with van der Waals surface area (Å²) in [6.07, 6.45) is 1.01. The van der Waals surface area contributed by atoms with Gasteiger partial charge in [-0.3, -0.25) is 9.59 Å². The van der Waals surface area contributed by atoms with Crippen molar-refractivity contribution in [1.82, 2.24) is 10.6 Å². The van der Waals surface area contributed by atoms with Crippen molar-refractivity contribution < 1.29 is 9.59 Å². The molecule has 0 aliphatic heterocycles. The molecule has 0 spiro atoms. The summed E-state index contributed by atoms with van der Waals surface area (Å²) >= 11 is 7.42. The van der Waals surface area contributed by atoms with Gasteiger partial charge < -0.3 is 10.6 Å². The number of carbonyl (C=O) groups is 2. The number of halogens is 1. The van der Waals surface area contributed by atoms with Crippen LogP contribution in [0.15, 0.2) is 29.2 Å². The summed E-state index contributed by atoms with van der Waals surface area (Å²) in [6, 6.07) is 7.05. The molecule has 22 heavy (non-hydrogen) atoms. The number of benzene rings is 1. The highest BCUT2D eigenvalue weighted by Gasteiger charge is 2.20. The highest BCUT2D eigenvalue weighted by Crippen LogP contribution is 2.20. The smallest absolute Gasteiger partial charge is 0.242 e. The monoisotopic (exact) mass is 342 g/mol. The van der Waals surface area contributed by atoms with Gasteiger partial charge in [0.15, 0.2) is 0 Å². The molecule has 1 aromatic rings. The average molecular weight is 343 g/mol. The number of hydrogen-bond acceptors (Lipinski definition) is 3. The molecule has 0 saturated heterocycles. The fourth-order valence-corrected chi connectivity index (χ4v) is 2.91. The second-order valence-corrected chi connectivity index (χ2v) is 7.02. The molecule has 2 amide bonds. The molecule has 122 valence electrons. The molecule has 4 nitrogen and oxygen atoms in total. The van der Waals surface area contributed by atoms with Gasteiger partial charge in [0.1, 0.15) is 6.04 Å². The second-order valence-electron chi connectivity index (χ2n) is 5.42. The van der Waals surface area contributed by atoms with E-state index >= 15 is 0 Å². The normalized spacial score (nSPS) is 12.0. The van der Waals surface area contributed by atoms with Crippen molar-refractivity contribution in [2.24, 2.45) is 5.92 Å². The van der Waals surface area contributed by atoms with Gasteiger partial charge in [0.25, 0.3) is 0 Å². The van der Waals surface area contributed by atoms with Crippen LogP contribution in [0.1, 0.15) is 26.7 Å². The van der Waals surface area contributed by atoms with Gasteiger partial charge in [-0.15, -0.1) is 11.8 Å². The van der Waals surface area contributed by atoms with Gasteiger partial charge in [0, 0.05) is 29.1 Å². The Bertz CT molecular complexity index is 491. The lowest BCUT2D eigenvalue weighted by Gasteiger charge is -2.19. The molecule has 1 rings (SSSR count). The predicted molar refractivity (Wildman–Crippen MR) is 92.2 cm³/mol. The van der Waals surface area contributed by atoms with E-state index in [1.165, 1.54) is 0 Å². The van der Waals surface area contributed by atoms with Gasteiger partial charge >= 0.3 is 0 Å². The molecule has 0 aliphatic carbocycles. The number of hydrogen-bond donors (Lipinski definition) is 2. The van der Waals surface area contributed by atoms with Crippen LogP contribution in [0.2, 0.25) is 5.02 Å². The fourth-order valence-electron chi connectivity index (χ4n) is 1.94. The van der Waals surface area contributed by atoms with Crippen molar-refractivity contribution in [3.05, 3.63) is 29.3 Å². The largest absolute Gasteiger partial charge is 0.357 e. The quantitative estimate of drug-likeness (QED) is 0.714. The summed E-state index contributed by atoms with van der Waals surface area (Å²) in [7, 11) is 1.58. The molecule has 0 radical (unpaired) electrons. The van der Waals surface area contributed by atoms with E-state index in [1.807, 2.05) is 38.1 Å². The minimum absolute atomic E-state index is 0.101. The van der Waals surface area contributed by atoms with Crippen LogP contribution in [0.4, 0.5) is 0 Å². The Morgan fingerprint density at radius 3 is 2.41 bits per heavy atom. The molecular formula is C16H23ClN2O2S. The molecule has 0 aromatic heterocycles. The summed E-state index contributed by atoms with van der Waals surface area (Å²) in [4.78, 5) is 24.8. The summed E-state index contributed by atoms with van der Waals surface area (Å²) < 4.78 is 0. The van der Waals surface area contributed by atoms with Crippen molar-refractivity contribution >= 4 is 35.2 Å². The van der Waals surface area contributed by atoms with E-state index in [4.69, 9.17) is 11.6 Å². The molecule has 0 heterocycles. The minimum atomic E-state index is -0.460. The van der Waals surface area contributed by atoms with Crippen LogP contribution < -0.4 is 10.6 Å². The zero-order valence-electron chi connectivity index (χ0n) is 13.2. The lowest BCUT2D eigenvalue weighted by molar-refractivity contribution is -0.128. The van der Waals surface area contributed by atoms with Gasteiger partial charge in [-0.1, -0.05) is 25.4 Å². The van der Waals surface area contributed by atoms with Crippen molar-refractivity contribution in [3.8, 4) is 0 Å². The van der Waals surface area contributed by atoms with Crippen molar-refractivity contribution in [2.75, 3.05) is 12.8 Å². The van der Waals surface area contributed by atoms with Gasteiger partial charge in [-0.2, -0.15) is 0 Å². The zero-order chi connectivity index (χ0) is 16.5. The fraction of sp³-hybridized carbons (Fsp3) is 0.500. The maximum absolute atomic E-state index is 12.0. The minimum Gasteiger partial charge on any atom is -0.357 e. The highest BCUT2D eigenvalue weighted by molar-refractivity contribution is 7.99. The van der Waals surface area contributed by atoms with Crippen LogP contribution in [-0.2, 0) is 9.59 Å². The lowest BCUT2D eigenvalue weighted by atomic mass is 10.0. The first-order valence-corrected chi connectivity index (χ1v) is 8.68. The Hall–Kier alpha value is -1.20. The maximum Gasteiger partial charge on any atom is 0.242 e. The standard InChI is InChI=1S/C16H23ClN2O2S/c1-11(2)10-14(16(21)18-3)19-15(20)8-9-22-13-6-4-12(17)5-7-13/h4-7,11,14H,8-10H2,1-3H3,(H,18,21)(H,19,20). The molecule has 1 atom stereocenters. The van der Waals surface area contributed by atoms with E-state index in [0.29, 0.717) is 29.5 Å². The first-order valence-electron chi connectivity index (χ1n) is 7.31. The molecule has 0 bridgehead atoms. The Balaban J connectivity index is 2.39. The number of amides is 2. The van der Waals surface area contributed by atoms with E-state index in [0.717, 1.165) is 4.90 Å². The lowest BCUT2D eigenvalue weighted by Crippen LogP contribution is -2.46. The van der Waals surface area contributed by atoms with Crippen LogP contribution >= 0.6 is 23.4 Å². The van der Waals surface area contributed by atoms with E-state index in [2.05, 4.69) is 10.6 Å². The van der Waals surface area contributed by atoms with Gasteiger partial charge in [-0.25, -0.2) is 0 Å². The average Bonchev–Trinajstić information content (AvgIpc) is 2.47. The second kappa shape index (κ2) is 9.74. The Labute approximate surface area is 141 Å².